The van der Waals surface area contributed by atoms with E-state index in [2.05, 4.69) is 5.32 Å². The molecule has 21 heavy (non-hydrogen) atoms. The summed E-state index contributed by atoms with van der Waals surface area (Å²) in [6, 6.07) is 5.59. The topological polar surface area (TPSA) is 21.3 Å². The molecule has 0 aromatic heterocycles. The first-order valence-electron chi connectivity index (χ1n) is 6.76. The van der Waals surface area contributed by atoms with Crippen molar-refractivity contribution in [1.29, 1.82) is 0 Å². The van der Waals surface area contributed by atoms with Gasteiger partial charge in [0.25, 0.3) is 0 Å². The summed E-state index contributed by atoms with van der Waals surface area (Å²) in [6.07, 6.45) is -5.79. The van der Waals surface area contributed by atoms with Gasteiger partial charge >= 0.3 is 6.18 Å². The zero-order chi connectivity index (χ0) is 16.1. The van der Waals surface area contributed by atoms with Crippen molar-refractivity contribution in [2.75, 3.05) is 13.2 Å². The molecule has 2 nitrogen and oxygen atoms in total. The normalized spacial score (nSPS) is 14.2. The molecule has 1 rings (SSSR count). The van der Waals surface area contributed by atoms with Gasteiger partial charge < -0.3 is 10.1 Å². The van der Waals surface area contributed by atoms with Gasteiger partial charge in [-0.15, -0.1) is 0 Å². The lowest BCUT2D eigenvalue weighted by atomic mass is 10.1. The number of alkyl halides is 3. The van der Waals surface area contributed by atoms with Gasteiger partial charge in [-0.25, -0.2) is 4.39 Å². The number of ether oxygens (including phenoxy) is 1. The van der Waals surface area contributed by atoms with E-state index in [9.17, 15) is 17.6 Å². The van der Waals surface area contributed by atoms with Gasteiger partial charge in [-0.05, 0) is 38.5 Å². The summed E-state index contributed by atoms with van der Waals surface area (Å²) in [4.78, 5) is 0. The van der Waals surface area contributed by atoms with E-state index >= 15 is 0 Å². The van der Waals surface area contributed by atoms with E-state index in [-0.39, 0.29) is 5.54 Å². The van der Waals surface area contributed by atoms with Crippen LogP contribution in [0, 0.1) is 5.82 Å². The average Bonchev–Trinajstić information content (AvgIpc) is 2.32. The van der Waals surface area contributed by atoms with Crippen molar-refractivity contribution in [3.05, 3.63) is 35.6 Å². The summed E-state index contributed by atoms with van der Waals surface area (Å²) in [5.74, 6) is -0.392. The van der Waals surface area contributed by atoms with E-state index < -0.39 is 31.1 Å². The van der Waals surface area contributed by atoms with Crippen molar-refractivity contribution in [1.82, 2.24) is 5.32 Å². The zero-order valence-corrected chi connectivity index (χ0v) is 12.4. The van der Waals surface area contributed by atoms with Crippen LogP contribution in [0.4, 0.5) is 17.6 Å². The Morgan fingerprint density at radius 1 is 1.10 bits per heavy atom. The zero-order valence-electron chi connectivity index (χ0n) is 12.4. The Morgan fingerprint density at radius 2 is 1.67 bits per heavy atom. The molecule has 0 heterocycles. The molecule has 0 aliphatic rings. The molecule has 0 amide bonds. The number of benzene rings is 1. The van der Waals surface area contributed by atoms with Gasteiger partial charge in [-0.1, -0.05) is 12.1 Å². The predicted molar refractivity (Wildman–Crippen MR) is 73.5 cm³/mol. The number of hydrogen-bond donors (Lipinski definition) is 1. The van der Waals surface area contributed by atoms with Crippen LogP contribution in [0.3, 0.4) is 0 Å². The van der Waals surface area contributed by atoms with E-state index in [0.29, 0.717) is 12.1 Å². The fourth-order valence-corrected chi connectivity index (χ4v) is 1.67. The van der Waals surface area contributed by atoms with Crippen LogP contribution in [0.25, 0.3) is 0 Å². The van der Waals surface area contributed by atoms with E-state index in [0.717, 1.165) is 0 Å². The molecule has 0 saturated carbocycles. The molecule has 1 atom stereocenters. The second-order valence-corrected chi connectivity index (χ2v) is 5.91. The average molecular weight is 307 g/mol. The highest BCUT2D eigenvalue weighted by Gasteiger charge is 2.27. The van der Waals surface area contributed by atoms with Crippen molar-refractivity contribution in [3.8, 4) is 0 Å². The Hall–Kier alpha value is -1.14. The number of hydrogen-bond acceptors (Lipinski definition) is 2. The molecule has 0 spiro atoms. The molecule has 0 saturated heterocycles. The van der Waals surface area contributed by atoms with Crippen LogP contribution < -0.4 is 5.32 Å². The monoisotopic (exact) mass is 307 g/mol. The lowest BCUT2D eigenvalue weighted by Gasteiger charge is -2.26. The quantitative estimate of drug-likeness (QED) is 0.794. The van der Waals surface area contributed by atoms with E-state index in [4.69, 9.17) is 4.74 Å². The SMILES string of the molecule is CC(C)(C)NCC(OCCC(F)(F)F)c1ccc(F)cc1. The van der Waals surface area contributed by atoms with Gasteiger partial charge in [-0.3, -0.25) is 0 Å². The second kappa shape index (κ2) is 7.22. The highest BCUT2D eigenvalue weighted by atomic mass is 19.4. The van der Waals surface area contributed by atoms with Crippen LogP contribution in [0.15, 0.2) is 24.3 Å². The molecule has 1 unspecified atom stereocenters. The Balaban J connectivity index is 2.67. The van der Waals surface area contributed by atoms with Crippen LogP contribution in [-0.4, -0.2) is 24.9 Å². The fourth-order valence-electron chi connectivity index (χ4n) is 1.67. The number of rotatable bonds is 6. The van der Waals surface area contributed by atoms with Crippen molar-refractivity contribution < 1.29 is 22.3 Å². The molecule has 0 fully saturated rings. The lowest BCUT2D eigenvalue weighted by Crippen LogP contribution is -2.39. The van der Waals surface area contributed by atoms with Gasteiger partial charge in [0, 0.05) is 12.1 Å². The molecular formula is C15H21F4NO. The fraction of sp³-hybridized carbons (Fsp3) is 0.600. The molecule has 0 aliphatic carbocycles. The molecular weight excluding hydrogens is 286 g/mol. The third-order valence-electron chi connectivity index (χ3n) is 2.76. The van der Waals surface area contributed by atoms with Crippen LogP contribution >= 0.6 is 0 Å². The highest BCUT2D eigenvalue weighted by molar-refractivity contribution is 5.19. The Bertz CT molecular complexity index is 423. The standard InChI is InChI=1S/C15H21F4NO/c1-14(2,3)20-10-13(21-9-8-15(17,18)19)11-4-6-12(16)7-5-11/h4-7,13,20H,8-10H2,1-3H3. The molecule has 0 radical (unpaired) electrons. The maximum atomic E-state index is 12.9. The van der Waals surface area contributed by atoms with Gasteiger partial charge in [0.2, 0.25) is 0 Å². The predicted octanol–water partition coefficient (Wildman–Crippen LogP) is 4.22. The Kier molecular flexibility index (Phi) is 6.16. The van der Waals surface area contributed by atoms with Crippen LogP contribution in [0.5, 0.6) is 0 Å². The largest absolute Gasteiger partial charge is 0.391 e. The van der Waals surface area contributed by atoms with Crippen molar-refractivity contribution >= 4 is 0 Å². The molecule has 1 N–H and O–H groups in total. The number of halogens is 4. The molecule has 0 bridgehead atoms. The maximum Gasteiger partial charge on any atom is 0.391 e. The van der Waals surface area contributed by atoms with Crippen molar-refractivity contribution in [2.24, 2.45) is 0 Å². The minimum absolute atomic E-state index is 0.189. The van der Waals surface area contributed by atoms with Crippen LogP contribution in [0.1, 0.15) is 38.9 Å². The summed E-state index contributed by atoms with van der Waals surface area (Å²) in [5.41, 5.74) is 0.460. The van der Waals surface area contributed by atoms with Gasteiger partial charge in [0.1, 0.15) is 5.82 Å². The summed E-state index contributed by atoms with van der Waals surface area (Å²) < 4.78 is 54.8. The minimum atomic E-state index is -4.25. The third-order valence-corrected chi connectivity index (χ3v) is 2.76. The third kappa shape index (κ3) is 8.02. The van der Waals surface area contributed by atoms with Gasteiger partial charge in [-0.2, -0.15) is 13.2 Å². The summed E-state index contributed by atoms with van der Waals surface area (Å²) >= 11 is 0. The molecule has 120 valence electrons. The van der Waals surface area contributed by atoms with Crippen molar-refractivity contribution in [2.45, 2.75) is 45.0 Å². The summed E-state index contributed by atoms with van der Waals surface area (Å²) in [6.45, 7) is 5.78. The van der Waals surface area contributed by atoms with E-state index in [1.54, 1.807) is 0 Å². The first-order chi connectivity index (χ1) is 9.57. The number of nitrogens with one attached hydrogen (secondary N) is 1. The van der Waals surface area contributed by atoms with Crippen LogP contribution in [-0.2, 0) is 4.74 Å². The maximum absolute atomic E-state index is 12.9. The smallest absolute Gasteiger partial charge is 0.372 e. The lowest BCUT2D eigenvalue weighted by molar-refractivity contribution is -0.149. The van der Waals surface area contributed by atoms with Crippen molar-refractivity contribution in [3.63, 3.8) is 0 Å². The molecule has 1 aromatic rings. The van der Waals surface area contributed by atoms with Gasteiger partial charge in [0.15, 0.2) is 0 Å². The van der Waals surface area contributed by atoms with Gasteiger partial charge in [0.05, 0.1) is 19.1 Å². The molecule has 6 heteroatoms. The highest BCUT2D eigenvalue weighted by Crippen LogP contribution is 2.23. The first-order valence-corrected chi connectivity index (χ1v) is 6.76. The second-order valence-electron chi connectivity index (χ2n) is 5.91. The first kappa shape index (κ1) is 17.9. The minimum Gasteiger partial charge on any atom is -0.372 e. The van der Waals surface area contributed by atoms with Crippen LogP contribution in [0.2, 0.25) is 0 Å². The summed E-state index contributed by atoms with van der Waals surface area (Å²) in [7, 11) is 0. The Morgan fingerprint density at radius 3 is 2.14 bits per heavy atom. The van der Waals surface area contributed by atoms with E-state index in [1.807, 2.05) is 20.8 Å². The molecule has 0 aliphatic heterocycles. The Labute approximate surface area is 122 Å². The van der Waals surface area contributed by atoms with E-state index in [1.165, 1.54) is 24.3 Å². The summed E-state index contributed by atoms with van der Waals surface area (Å²) in [5, 5.41) is 3.18. The molecule has 1 aromatic carbocycles.